The van der Waals surface area contributed by atoms with Crippen LogP contribution in [-0.2, 0) is 0 Å². The van der Waals surface area contributed by atoms with Gasteiger partial charge in [-0.25, -0.2) is 9.97 Å². The molecule has 0 aliphatic carbocycles. The van der Waals surface area contributed by atoms with Crippen molar-refractivity contribution in [2.75, 3.05) is 0 Å². The van der Waals surface area contributed by atoms with Crippen molar-refractivity contribution in [2.24, 2.45) is 0 Å². The molecule has 0 saturated carbocycles. The summed E-state index contributed by atoms with van der Waals surface area (Å²) in [7, 11) is 0. The van der Waals surface area contributed by atoms with E-state index >= 15 is 0 Å². The molecule has 0 bridgehead atoms. The van der Waals surface area contributed by atoms with Crippen molar-refractivity contribution in [3.8, 4) is 17.0 Å². The number of aryl methyl sites for hydroxylation is 1. The maximum absolute atomic E-state index is 5.82. The molecule has 4 heteroatoms. The number of aromatic nitrogens is 2. The standard InChI is InChI=1S/C14H15ClN2O/c1-9(2)18-12-6-4-11(5-7-12)13-10(3)8-16-14(15)17-13/h4-9H,1-3H3. The van der Waals surface area contributed by atoms with E-state index in [4.69, 9.17) is 16.3 Å². The molecule has 18 heavy (non-hydrogen) atoms. The molecule has 0 fully saturated rings. The van der Waals surface area contributed by atoms with Gasteiger partial charge in [0, 0.05) is 11.8 Å². The predicted molar refractivity (Wildman–Crippen MR) is 73.0 cm³/mol. The van der Waals surface area contributed by atoms with E-state index in [2.05, 4.69) is 9.97 Å². The highest BCUT2D eigenvalue weighted by Gasteiger charge is 2.06. The van der Waals surface area contributed by atoms with Crippen LogP contribution in [0.25, 0.3) is 11.3 Å². The molecule has 0 spiro atoms. The van der Waals surface area contributed by atoms with Crippen LogP contribution in [0.2, 0.25) is 5.28 Å². The minimum Gasteiger partial charge on any atom is -0.491 e. The minimum absolute atomic E-state index is 0.172. The molecule has 0 saturated heterocycles. The molecule has 3 nitrogen and oxygen atoms in total. The van der Waals surface area contributed by atoms with Crippen molar-refractivity contribution < 1.29 is 4.74 Å². The lowest BCUT2D eigenvalue weighted by Gasteiger charge is -2.10. The van der Waals surface area contributed by atoms with Crippen LogP contribution in [0.15, 0.2) is 30.5 Å². The summed E-state index contributed by atoms with van der Waals surface area (Å²) >= 11 is 5.82. The maximum atomic E-state index is 5.82. The molecule has 0 unspecified atom stereocenters. The minimum atomic E-state index is 0.172. The SMILES string of the molecule is Cc1cnc(Cl)nc1-c1ccc(OC(C)C)cc1. The van der Waals surface area contributed by atoms with Gasteiger partial charge in [0.25, 0.3) is 0 Å². The predicted octanol–water partition coefficient (Wildman–Crippen LogP) is 3.89. The van der Waals surface area contributed by atoms with Crippen LogP contribution in [0.5, 0.6) is 5.75 Å². The van der Waals surface area contributed by atoms with Gasteiger partial charge in [0.2, 0.25) is 5.28 Å². The maximum Gasteiger partial charge on any atom is 0.222 e. The van der Waals surface area contributed by atoms with E-state index in [1.807, 2.05) is 45.0 Å². The van der Waals surface area contributed by atoms with E-state index in [1.165, 1.54) is 0 Å². The second-order valence-corrected chi connectivity index (χ2v) is 4.70. The normalized spacial score (nSPS) is 10.7. The van der Waals surface area contributed by atoms with Crippen molar-refractivity contribution in [2.45, 2.75) is 26.9 Å². The second kappa shape index (κ2) is 5.36. The summed E-state index contributed by atoms with van der Waals surface area (Å²) in [6, 6.07) is 7.82. The summed E-state index contributed by atoms with van der Waals surface area (Å²) < 4.78 is 5.60. The molecule has 0 atom stereocenters. The quantitative estimate of drug-likeness (QED) is 0.787. The van der Waals surface area contributed by atoms with Crippen molar-refractivity contribution in [1.29, 1.82) is 0 Å². The topological polar surface area (TPSA) is 35.0 Å². The zero-order valence-electron chi connectivity index (χ0n) is 10.6. The Labute approximate surface area is 112 Å². The average Bonchev–Trinajstić information content (AvgIpc) is 2.33. The lowest BCUT2D eigenvalue weighted by Crippen LogP contribution is -2.05. The van der Waals surface area contributed by atoms with Crippen LogP contribution in [0.1, 0.15) is 19.4 Å². The second-order valence-electron chi connectivity index (χ2n) is 4.36. The van der Waals surface area contributed by atoms with Crippen LogP contribution in [0, 0.1) is 6.92 Å². The Morgan fingerprint density at radius 1 is 1.17 bits per heavy atom. The van der Waals surface area contributed by atoms with Crippen LogP contribution in [0.3, 0.4) is 0 Å². The van der Waals surface area contributed by atoms with Crippen molar-refractivity contribution in [1.82, 2.24) is 9.97 Å². The van der Waals surface area contributed by atoms with Gasteiger partial charge < -0.3 is 4.74 Å². The highest BCUT2D eigenvalue weighted by molar-refractivity contribution is 6.28. The Morgan fingerprint density at radius 3 is 2.44 bits per heavy atom. The number of rotatable bonds is 3. The van der Waals surface area contributed by atoms with Gasteiger partial charge in [-0.2, -0.15) is 0 Å². The molecule has 0 aliphatic heterocycles. The molecule has 2 aromatic rings. The number of hydrogen-bond acceptors (Lipinski definition) is 3. The lowest BCUT2D eigenvalue weighted by molar-refractivity contribution is 0.242. The fraction of sp³-hybridized carbons (Fsp3) is 0.286. The molecule has 0 radical (unpaired) electrons. The summed E-state index contributed by atoms with van der Waals surface area (Å²) in [6.07, 6.45) is 1.90. The van der Waals surface area contributed by atoms with Crippen LogP contribution in [0.4, 0.5) is 0 Å². The van der Waals surface area contributed by atoms with Crippen molar-refractivity contribution >= 4 is 11.6 Å². The van der Waals surface area contributed by atoms with Gasteiger partial charge in [0.15, 0.2) is 0 Å². The van der Waals surface area contributed by atoms with Crippen LogP contribution >= 0.6 is 11.6 Å². The van der Waals surface area contributed by atoms with E-state index in [1.54, 1.807) is 6.20 Å². The van der Waals surface area contributed by atoms with Gasteiger partial charge in [-0.15, -0.1) is 0 Å². The molecular formula is C14H15ClN2O. The molecule has 0 amide bonds. The van der Waals surface area contributed by atoms with Gasteiger partial charge >= 0.3 is 0 Å². The Balaban J connectivity index is 2.31. The molecule has 94 valence electrons. The first-order valence-corrected chi connectivity index (χ1v) is 6.20. The Bertz CT molecular complexity index is 538. The molecule has 1 heterocycles. The number of halogens is 1. The monoisotopic (exact) mass is 262 g/mol. The third-order valence-corrected chi connectivity index (χ3v) is 2.62. The number of nitrogens with zero attached hydrogens (tertiary/aromatic N) is 2. The molecule has 2 rings (SSSR count). The third kappa shape index (κ3) is 2.99. The van der Waals surface area contributed by atoms with Crippen LogP contribution < -0.4 is 4.74 Å². The average molecular weight is 263 g/mol. The summed E-state index contributed by atoms with van der Waals surface area (Å²) in [5.74, 6) is 0.853. The van der Waals surface area contributed by atoms with Crippen molar-refractivity contribution in [3.05, 3.63) is 41.3 Å². The highest BCUT2D eigenvalue weighted by atomic mass is 35.5. The van der Waals surface area contributed by atoms with E-state index in [-0.39, 0.29) is 11.4 Å². The zero-order valence-corrected chi connectivity index (χ0v) is 11.4. The van der Waals surface area contributed by atoms with Gasteiger partial charge in [-0.1, -0.05) is 0 Å². The number of ether oxygens (including phenoxy) is 1. The third-order valence-electron chi connectivity index (χ3n) is 2.44. The van der Waals surface area contributed by atoms with Gasteiger partial charge in [0.05, 0.1) is 11.8 Å². The Morgan fingerprint density at radius 2 is 1.83 bits per heavy atom. The highest BCUT2D eigenvalue weighted by Crippen LogP contribution is 2.24. The molecule has 1 aromatic heterocycles. The number of hydrogen-bond donors (Lipinski definition) is 0. The fourth-order valence-electron chi connectivity index (χ4n) is 1.68. The first-order valence-electron chi connectivity index (χ1n) is 5.82. The zero-order chi connectivity index (χ0) is 13.1. The van der Waals surface area contributed by atoms with E-state index in [9.17, 15) is 0 Å². The van der Waals surface area contributed by atoms with Gasteiger partial charge in [-0.05, 0) is 62.2 Å². The number of benzene rings is 1. The smallest absolute Gasteiger partial charge is 0.222 e. The molecule has 0 N–H and O–H groups in total. The van der Waals surface area contributed by atoms with Gasteiger partial charge in [0.1, 0.15) is 5.75 Å². The lowest BCUT2D eigenvalue weighted by atomic mass is 10.1. The summed E-state index contributed by atoms with van der Waals surface area (Å²) in [5, 5.41) is 0.262. The van der Waals surface area contributed by atoms with E-state index in [0.29, 0.717) is 0 Å². The van der Waals surface area contributed by atoms with Crippen molar-refractivity contribution in [3.63, 3.8) is 0 Å². The summed E-state index contributed by atoms with van der Waals surface area (Å²) in [5.41, 5.74) is 2.86. The summed E-state index contributed by atoms with van der Waals surface area (Å²) in [4.78, 5) is 8.20. The van der Waals surface area contributed by atoms with Crippen LogP contribution in [-0.4, -0.2) is 16.1 Å². The first-order chi connectivity index (χ1) is 8.56. The Hall–Kier alpha value is -1.61. The fourth-order valence-corrected chi connectivity index (χ4v) is 1.81. The first kappa shape index (κ1) is 12.8. The summed E-state index contributed by atoms with van der Waals surface area (Å²) in [6.45, 7) is 5.97. The van der Waals surface area contributed by atoms with E-state index in [0.717, 1.165) is 22.6 Å². The molecule has 0 aliphatic rings. The van der Waals surface area contributed by atoms with E-state index < -0.39 is 0 Å². The molecular weight excluding hydrogens is 248 g/mol. The Kier molecular flexibility index (Phi) is 3.82. The molecule has 1 aromatic carbocycles. The largest absolute Gasteiger partial charge is 0.491 e. The van der Waals surface area contributed by atoms with Gasteiger partial charge in [-0.3, -0.25) is 0 Å².